The molecule has 0 saturated carbocycles. The summed E-state index contributed by atoms with van der Waals surface area (Å²) in [7, 11) is 0. The molecule has 0 aliphatic carbocycles. The molecule has 0 aliphatic heterocycles. The van der Waals surface area contributed by atoms with Crippen LogP contribution in [0.25, 0.3) is 0 Å². The van der Waals surface area contributed by atoms with Crippen molar-refractivity contribution in [1.82, 2.24) is 5.32 Å². The molecule has 1 aromatic carbocycles. The molecule has 0 aliphatic rings. The summed E-state index contributed by atoms with van der Waals surface area (Å²) in [4.78, 5) is 10.0. The molecule has 5 nitrogen and oxygen atoms in total. The Balaban J connectivity index is 2.05. The highest BCUT2D eigenvalue weighted by Crippen LogP contribution is 2.18. The molecule has 0 amide bonds. The highest BCUT2D eigenvalue weighted by atomic mass is 19.1. The fourth-order valence-electron chi connectivity index (χ4n) is 1.75. The van der Waals surface area contributed by atoms with Gasteiger partial charge in [-0.3, -0.25) is 10.1 Å². The third kappa shape index (κ3) is 3.38. The molecule has 0 bridgehead atoms. The number of benzene rings is 1. The lowest BCUT2D eigenvalue weighted by Gasteiger charge is -2.11. The second kappa shape index (κ2) is 5.62. The molecule has 0 radical (unpaired) electrons. The number of furan rings is 1. The maximum Gasteiger partial charge on any atom is 0.272 e. The van der Waals surface area contributed by atoms with E-state index in [4.69, 9.17) is 4.42 Å². The lowest BCUT2D eigenvalue weighted by molar-refractivity contribution is -0.385. The SMILES string of the molecule is C[C@H](NCc1cc(F)cc([N+](=O)[O-])c1)c1ccco1. The Bertz CT molecular complexity index is 569. The van der Waals surface area contributed by atoms with E-state index in [0.717, 1.165) is 11.8 Å². The van der Waals surface area contributed by atoms with E-state index in [9.17, 15) is 14.5 Å². The third-order valence-corrected chi connectivity index (χ3v) is 2.74. The van der Waals surface area contributed by atoms with E-state index in [1.807, 2.05) is 13.0 Å². The Morgan fingerprint density at radius 1 is 1.47 bits per heavy atom. The van der Waals surface area contributed by atoms with Gasteiger partial charge in [0.2, 0.25) is 0 Å². The van der Waals surface area contributed by atoms with Gasteiger partial charge in [-0.15, -0.1) is 0 Å². The van der Waals surface area contributed by atoms with E-state index in [2.05, 4.69) is 5.32 Å². The van der Waals surface area contributed by atoms with Crippen molar-refractivity contribution in [2.45, 2.75) is 19.5 Å². The van der Waals surface area contributed by atoms with Gasteiger partial charge in [0.15, 0.2) is 0 Å². The van der Waals surface area contributed by atoms with Crippen LogP contribution in [-0.4, -0.2) is 4.92 Å². The predicted molar refractivity (Wildman–Crippen MR) is 67.0 cm³/mol. The Morgan fingerprint density at radius 3 is 2.89 bits per heavy atom. The first-order valence-corrected chi connectivity index (χ1v) is 5.77. The lowest BCUT2D eigenvalue weighted by Crippen LogP contribution is -2.17. The van der Waals surface area contributed by atoms with Crippen LogP contribution in [0.5, 0.6) is 0 Å². The zero-order valence-corrected chi connectivity index (χ0v) is 10.3. The number of hydrogen-bond acceptors (Lipinski definition) is 4. The molecule has 2 rings (SSSR count). The second-order valence-electron chi connectivity index (χ2n) is 4.19. The fraction of sp³-hybridized carbons (Fsp3) is 0.231. The van der Waals surface area contributed by atoms with Gasteiger partial charge in [-0.05, 0) is 30.7 Å². The van der Waals surface area contributed by atoms with Gasteiger partial charge in [0.05, 0.1) is 23.3 Å². The summed E-state index contributed by atoms with van der Waals surface area (Å²) in [5.74, 6) is 0.141. The van der Waals surface area contributed by atoms with Crippen LogP contribution in [0.15, 0.2) is 41.0 Å². The molecule has 0 saturated heterocycles. The Morgan fingerprint density at radius 2 is 2.26 bits per heavy atom. The van der Waals surface area contributed by atoms with Crippen molar-refractivity contribution >= 4 is 5.69 Å². The van der Waals surface area contributed by atoms with E-state index >= 15 is 0 Å². The van der Waals surface area contributed by atoms with Gasteiger partial charge in [-0.25, -0.2) is 4.39 Å². The van der Waals surface area contributed by atoms with Crippen molar-refractivity contribution < 1.29 is 13.7 Å². The summed E-state index contributed by atoms with van der Waals surface area (Å²) >= 11 is 0. The minimum atomic E-state index is -0.614. The number of nitrogens with zero attached hydrogens (tertiary/aromatic N) is 1. The summed E-state index contributed by atoms with van der Waals surface area (Å²) in [6, 6.07) is 7.07. The van der Waals surface area contributed by atoms with Crippen LogP contribution in [0, 0.1) is 15.9 Å². The van der Waals surface area contributed by atoms with Gasteiger partial charge in [0.25, 0.3) is 5.69 Å². The number of hydrogen-bond donors (Lipinski definition) is 1. The largest absolute Gasteiger partial charge is 0.468 e. The number of non-ortho nitro benzene ring substituents is 1. The molecule has 1 aromatic heterocycles. The monoisotopic (exact) mass is 264 g/mol. The average Bonchev–Trinajstić information content (AvgIpc) is 2.89. The number of nitro benzene ring substituents is 1. The molecular weight excluding hydrogens is 251 g/mol. The summed E-state index contributed by atoms with van der Waals surface area (Å²) in [5, 5.41) is 13.7. The number of nitrogens with one attached hydrogen (secondary N) is 1. The average molecular weight is 264 g/mol. The zero-order valence-electron chi connectivity index (χ0n) is 10.3. The topological polar surface area (TPSA) is 68.3 Å². The van der Waals surface area contributed by atoms with Crippen LogP contribution in [0.3, 0.4) is 0 Å². The molecule has 1 atom stereocenters. The summed E-state index contributed by atoms with van der Waals surface area (Å²) in [5.41, 5.74) is 0.271. The lowest BCUT2D eigenvalue weighted by atomic mass is 10.1. The van der Waals surface area contributed by atoms with Crippen molar-refractivity contribution in [3.63, 3.8) is 0 Å². The van der Waals surface area contributed by atoms with E-state index in [1.165, 1.54) is 12.1 Å². The highest BCUT2D eigenvalue weighted by molar-refractivity contribution is 5.35. The number of halogens is 1. The molecule has 19 heavy (non-hydrogen) atoms. The van der Waals surface area contributed by atoms with Crippen molar-refractivity contribution in [1.29, 1.82) is 0 Å². The Hall–Kier alpha value is -2.21. The zero-order chi connectivity index (χ0) is 13.8. The first-order chi connectivity index (χ1) is 9.06. The van der Waals surface area contributed by atoms with Crippen LogP contribution in [0.2, 0.25) is 0 Å². The smallest absolute Gasteiger partial charge is 0.272 e. The molecule has 0 fully saturated rings. The third-order valence-electron chi connectivity index (χ3n) is 2.74. The van der Waals surface area contributed by atoms with Crippen LogP contribution in [-0.2, 0) is 6.54 Å². The van der Waals surface area contributed by atoms with Gasteiger partial charge in [-0.2, -0.15) is 0 Å². The molecule has 1 N–H and O–H groups in total. The Labute approximate surface area is 109 Å². The number of rotatable bonds is 5. The summed E-state index contributed by atoms with van der Waals surface area (Å²) < 4.78 is 18.5. The van der Waals surface area contributed by atoms with Gasteiger partial charge in [0.1, 0.15) is 11.6 Å². The summed E-state index contributed by atoms with van der Waals surface area (Å²) in [6.07, 6.45) is 1.57. The normalized spacial score (nSPS) is 12.3. The van der Waals surface area contributed by atoms with Crippen molar-refractivity contribution in [2.24, 2.45) is 0 Å². The van der Waals surface area contributed by atoms with Crippen molar-refractivity contribution in [2.75, 3.05) is 0 Å². The van der Waals surface area contributed by atoms with Gasteiger partial charge in [-0.1, -0.05) is 0 Å². The maximum absolute atomic E-state index is 13.2. The maximum atomic E-state index is 13.2. The minimum absolute atomic E-state index is 0.0580. The Kier molecular flexibility index (Phi) is 3.91. The predicted octanol–water partition coefficient (Wildman–Crippen LogP) is 3.18. The molecule has 6 heteroatoms. The van der Waals surface area contributed by atoms with Crippen LogP contribution in [0.1, 0.15) is 24.3 Å². The van der Waals surface area contributed by atoms with Crippen LogP contribution >= 0.6 is 0 Å². The molecule has 1 heterocycles. The van der Waals surface area contributed by atoms with E-state index in [1.54, 1.807) is 12.3 Å². The van der Waals surface area contributed by atoms with Crippen LogP contribution < -0.4 is 5.32 Å². The molecule has 2 aromatic rings. The standard InChI is InChI=1S/C13H13FN2O3/c1-9(13-3-2-4-19-13)15-8-10-5-11(14)7-12(6-10)16(17)18/h2-7,9,15H,8H2,1H3/t9-/m0/s1. The summed E-state index contributed by atoms with van der Waals surface area (Å²) in [6.45, 7) is 2.22. The van der Waals surface area contributed by atoms with Crippen LogP contribution in [0.4, 0.5) is 10.1 Å². The van der Waals surface area contributed by atoms with Gasteiger partial charge >= 0.3 is 0 Å². The second-order valence-corrected chi connectivity index (χ2v) is 4.19. The van der Waals surface area contributed by atoms with Crippen molar-refractivity contribution in [3.05, 3.63) is 63.9 Å². The van der Waals surface area contributed by atoms with E-state index < -0.39 is 10.7 Å². The highest BCUT2D eigenvalue weighted by Gasteiger charge is 2.11. The number of nitro groups is 1. The van der Waals surface area contributed by atoms with Crippen molar-refractivity contribution in [3.8, 4) is 0 Å². The van der Waals surface area contributed by atoms with Gasteiger partial charge < -0.3 is 9.73 Å². The minimum Gasteiger partial charge on any atom is -0.468 e. The molecule has 100 valence electrons. The first-order valence-electron chi connectivity index (χ1n) is 5.77. The quantitative estimate of drug-likeness (QED) is 0.665. The van der Waals surface area contributed by atoms with E-state index in [0.29, 0.717) is 12.1 Å². The molecule has 0 unspecified atom stereocenters. The van der Waals surface area contributed by atoms with Gasteiger partial charge in [0, 0.05) is 12.6 Å². The fourth-order valence-corrected chi connectivity index (χ4v) is 1.75. The van der Waals surface area contributed by atoms with E-state index in [-0.39, 0.29) is 11.7 Å². The molecule has 0 spiro atoms. The first kappa shape index (κ1) is 13.2. The molecular formula is C13H13FN2O3.